The first-order valence-electron chi connectivity index (χ1n) is 13.8. The highest BCUT2D eigenvalue weighted by atomic mass is 16.5. The van der Waals surface area contributed by atoms with Crippen molar-refractivity contribution >= 4 is 23.8 Å². The van der Waals surface area contributed by atoms with E-state index in [0.29, 0.717) is 19.4 Å². The van der Waals surface area contributed by atoms with E-state index in [1.54, 1.807) is 11.9 Å². The average molecular weight is 545 g/mol. The third-order valence-corrected chi connectivity index (χ3v) is 7.12. The summed E-state index contributed by atoms with van der Waals surface area (Å²) in [6.45, 7) is 16.1. The number of hydrogen-bond acceptors (Lipinski definition) is 5. The maximum atomic E-state index is 13.8. The number of nitrogens with one attached hydrogen (secondary N) is 3. The van der Waals surface area contributed by atoms with Gasteiger partial charge in [-0.3, -0.25) is 9.59 Å². The normalized spacial score (nSPS) is 19.3. The zero-order valence-electron chi connectivity index (χ0n) is 25.1. The minimum atomic E-state index is -0.911. The lowest BCUT2D eigenvalue weighted by atomic mass is 9.84. The van der Waals surface area contributed by atoms with Gasteiger partial charge in [-0.15, -0.1) is 0 Å². The van der Waals surface area contributed by atoms with Gasteiger partial charge < -0.3 is 25.6 Å². The first-order valence-corrected chi connectivity index (χ1v) is 13.8. The van der Waals surface area contributed by atoms with Gasteiger partial charge in [-0.1, -0.05) is 85.7 Å². The van der Waals surface area contributed by atoms with Crippen LogP contribution < -0.4 is 16.0 Å². The fraction of sp³-hybridized carbons (Fsp3) is 0.667. The summed E-state index contributed by atoms with van der Waals surface area (Å²) in [5.41, 5.74) is -0.0741. The molecule has 9 nitrogen and oxygen atoms in total. The van der Waals surface area contributed by atoms with E-state index in [0.717, 1.165) is 5.56 Å². The monoisotopic (exact) mass is 544 g/mol. The van der Waals surface area contributed by atoms with E-state index < -0.39 is 35.5 Å². The van der Waals surface area contributed by atoms with Crippen LogP contribution in [0.2, 0.25) is 0 Å². The molecule has 0 radical (unpaired) electrons. The Bertz CT molecular complexity index is 997. The molecule has 218 valence electrons. The highest BCUT2D eigenvalue weighted by molar-refractivity contribution is 5.93. The Hall–Kier alpha value is -3.10. The molecular formula is C30H48N4O5. The Balaban J connectivity index is 2.20. The van der Waals surface area contributed by atoms with Crippen LogP contribution in [0.1, 0.15) is 73.8 Å². The second-order valence-electron chi connectivity index (χ2n) is 13.1. The van der Waals surface area contributed by atoms with Crippen LogP contribution in [0.5, 0.6) is 0 Å². The summed E-state index contributed by atoms with van der Waals surface area (Å²) in [6.07, 6.45) is 1.06. The topological polar surface area (TPSA) is 117 Å². The van der Waals surface area contributed by atoms with Gasteiger partial charge in [0.2, 0.25) is 11.8 Å². The summed E-state index contributed by atoms with van der Waals surface area (Å²) in [7, 11) is 1.57. The predicted octanol–water partition coefficient (Wildman–Crippen LogP) is 3.87. The van der Waals surface area contributed by atoms with Crippen LogP contribution in [0.25, 0.3) is 0 Å². The molecule has 0 aliphatic carbocycles. The Kier molecular flexibility index (Phi) is 11.0. The molecule has 1 aliphatic rings. The number of esters is 1. The molecule has 9 heteroatoms. The first kappa shape index (κ1) is 32.1. The van der Waals surface area contributed by atoms with E-state index in [9.17, 15) is 19.2 Å². The van der Waals surface area contributed by atoms with Gasteiger partial charge in [-0.2, -0.15) is 0 Å². The van der Waals surface area contributed by atoms with Crippen LogP contribution in [0.4, 0.5) is 4.79 Å². The maximum Gasteiger partial charge on any atom is 0.329 e. The summed E-state index contributed by atoms with van der Waals surface area (Å²) in [5, 5.41) is 8.27. The lowest BCUT2D eigenvalue weighted by Crippen LogP contribution is -2.61. The third kappa shape index (κ3) is 9.25. The number of ether oxygens (including phenoxy) is 1. The van der Waals surface area contributed by atoms with Crippen LogP contribution in [0.3, 0.4) is 0 Å². The number of benzene rings is 1. The lowest BCUT2D eigenvalue weighted by Gasteiger charge is -2.37. The van der Waals surface area contributed by atoms with Crippen LogP contribution >= 0.6 is 0 Å². The van der Waals surface area contributed by atoms with E-state index in [-0.39, 0.29) is 35.7 Å². The molecule has 1 aliphatic heterocycles. The fourth-order valence-corrected chi connectivity index (χ4v) is 5.03. The number of rotatable bonds is 9. The van der Waals surface area contributed by atoms with Crippen molar-refractivity contribution < 1.29 is 23.9 Å². The summed E-state index contributed by atoms with van der Waals surface area (Å²) in [6, 6.07) is 6.29. The van der Waals surface area contributed by atoms with E-state index >= 15 is 0 Å². The SMILES string of the molecule is CNC(=O)[C@@H]1[C@@H](C(C)C)CCN1C(=O)[C@@H](NC(=O)N[C@@H](CC(C)(C)C)C(=O)OCc1ccccc1)C(C)(C)C. The summed E-state index contributed by atoms with van der Waals surface area (Å²) in [4.78, 5) is 54.5. The van der Waals surface area contributed by atoms with Crippen molar-refractivity contribution in [2.24, 2.45) is 22.7 Å². The number of likely N-dealkylation sites (tertiary alicyclic amines) is 1. The van der Waals surface area contributed by atoms with Gasteiger partial charge in [0, 0.05) is 13.6 Å². The molecule has 0 bridgehead atoms. The highest BCUT2D eigenvalue weighted by Crippen LogP contribution is 2.33. The number of urea groups is 1. The minimum Gasteiger partial charge on any atom is -0.459 e. The Morgan fingerprint density at radius 1 is 1.00 bits per heavy atom. The Labute approximate surface area is 233 Å². The Morgan fingerprint density at radius 3 is 2.13 bits per heavy atom. The molecule has 1 aromatic rings. The minimum absolute atomic E-state index is 0.0268. The molecule has 0 spiro atoms. The van der Waals surface area contributed by atoms with Crippen molar-refractivity contribution in [3.63, 3.8) is 0 Å². The summed E-state index contributed by atoms with van der Waals surface area (Å²) >= 11 is 0. The molecule has 1 saturated heterocycles. The van der Waals surface area contributed by atoms with Gasteiger partial charge in [0.1, 0.15) is 24.7 Å². The quantitative estimate of drug-likeness (QED) is 0.408. The lowest BCUT2D eigenvalue weighted by molar-refractivity contribution is -0.148. The van der Waals surface area contributed by atoms with Crippen LogP contribution in [0, 0.1) is 22.7 Å². The van der Waals surface area contributed by atoms with E-state index in [1.165, 1.54) is 0 Å². The van der Waals surface area contributed by atoms with Gasteiger partial charge in [0.25, 0.3) is 0 Å². The molecule has 1 heterocycles. The molecule has 0 saturated carbocycles. The van der Waals surface area contributed by atoms with E-state index in [2.05, 4.69) is 16.0 Å². The third-order valence-electron chi connectivity index (χ3n) is 7.12. The number of amides is 4. The molecule has 1 fully saturated rings. The Morgan fingerprint density at radius 2 is 1.62 bits per heavy atom. The second kappa shape index (κ2) is 13.3. The van der Waals surface area contributed by atoms with Crippen LogP contribution in [-0.2, 0) is 25.7 Å². The molecule has 3 N–H and O–H groups in total. The molecule has 0 aromatic heterocycles. The largest absolute Gasteiger partial charge is 0.459 e. The van der Waals surface area contributed by atoms with Crippen molar-refractivity contribution in [2.75, 3.05) is 13.6 Å². The standard InChI is InChI=1S/C30H48N4O5/c1-19(2)21-15-16-34(23(21)25(35)31-9)26(36)24(30(6,7)8)33-28(38)32-22(17-29(3,4)5)27(37)39-18-20-13-11-10-12-14-20/h10-14,19,21-24H,15-18H2,1-9H3,(H,31,35)(H2,32,33,38)/t21-,22+,23+,24-/m1/s1. The second-order valence-corrected chi connectivity index (χ2v) is 13.1. The smallest absolute Gasteiger partial charge is 0.329 e. The van der Waals surface area contributed by atoms with E-state index in [1.807, 2.05) is 85.7 Å². The van der Waals surface area contributed by atoms with Crippen LogP contribution in [0.15, 0.2) is 30.3 Å². The zero-order valence-corrected chi connectivity index (χ0v) is 25.1. The maximum absolute atomic E-state index is 13.8. The van der Waals surface area contributed by atoms with Crippen LogP contribution in [-0.4, -0.2) is 60.4 Å². The molecule has 1 aromatic carbocycles. The van der Waals surface area contributed by atoms with Gasteiger partial charge in [-0.25, -0.2) is 9.59 Å². The van der Waals surface area contributed by atoms with Crippen molar-refractivity contribution in [1.29, 1.82) is 0 Å². The fourth-order valence-electron chi connectivity index (χ4n) is 5.03. The van der Waals surface area contributed by atoms with Crippen molar-refractivity contribution in [3.8, 4) is 0 Å². The molecular weight excluding hydrogens is 496 g/mol. The molecule has 4 atom stereocenters. The van der Waals surface area contributed by atoms with Gasteiger partial charge in [-0.05, 0) is 41.1 Å². The average Bonchev–Trinajstić information content (AvgIpc) is 3.29. The van der Waals surface area contributed by atoms with Gasteiger partial charge in [0.05, 0.1) is 0 Å². The number of carbonyl (C=O) groups excluding carboxylic acids is 4. The molecule has 39 heavy (non-hydrogen) atoms. The first-order chi connectivity index (χ1) is 18.0. The van der Waals surface area contributed by atoms with E-state index in [4.69, 9.17) is 4.74 Å². The molecule has 2 rings (SSSR count). The van der Waals surface area contributed by atoms with Crippen molar-refractivity contribution in [2.45, 2.75) is 93.0 Å². The number of likely N-dealkylation sites (N-methyl/N-ethyl adjacent to an activating group) is 1. The number of nitrogens with zero attached hydrogens (tertiary/aromatic N) is 1. The zero-order chi connectivity index (χ0) is 29.5. The number of hydrogen-bond donors (Lipinski definition) is 3. The predicted molar refractivity (Wildman–Crippen MR) is 152 cm³/mol. The molecule has 0 unspecified atom stereocenters. The number of carbonyl (C=O) groups is 4. The van der Waals surface area contributed by atoms with Gasteiger partial charge in [0.15, 0.2) is 0 Å². The van der Waals surface area contributed by atoms with Gasteiger partial charge >= 0.3 is 12.0 Å². The summed E-state index contributed by atoms with van der Waals surface area (Å²) in [5.74, 6) is -0.813. The summed E-state index contributed by atoms with van der Waals surface area (Å²) < 4.78 is 5.52. The van der Waals surface area contributed by atoms with Crippen molar-refractivity contribution in [1.82, 2.24) is 20.9 Å². The van der Waals surface area contributed by atoms with Crippen molar-refractivity contribution in [3.05, 3.63) is 35.9 Å². The molecule has 4 amide bonds. The highest BCUT2D eigenvalue weighted by Gasteiger charge is 2.46.